The van der Waals surface area contributed by atoms with E-state index in [1.54, 1.807) is 6.07 Å². The van der Waals surface area contributed by atoms with Crippen LogP contribution >= 0.6 is 15.9 Å². The van der Waals surface area contributed by atoms with Crippen LogP contribution in [0.5, 0.6) is 5.75 Å². The lowest BCUT2D eigenvalue weighted by Gasteiger charge is -1.95. The summed E-state index contributed by atoms with van der Waals surface area (Å²) in [5.41, 5.74) is 1.71. The van der Waals surface area contributed by atoms with E-state index in [-0.39, 0.29) is 5.75 Å². The first-order valence-corrected chi connectivity index (χ1v) is 6.01. The smallest absolute Gasteiger partial charge is 0.138 e. The molecule has 0 amide bonds. The fraction of sp³-hybridized carbons (Fsp3) is 0. The van der Waals surface area contributed by atoms with Crippen LogP contribution in [0.2, 0.25) is 0 Å². The number of hydrogen-bond donors (Lipinski definition) is 1. The summed E-state index contributed by atoms with van der Waals surface area (Å²) in [5.74, 6) is 0.990. The first-order chi connectivity index (χ1) is 8.24. The molecule has 0 fully saturated rings. The number of fused-ring (bicyclic) bond motifs is 1. The minimum Gasteiger partial charge on any atom is -0.507 e. The molecule has 0 unspecified atom stereocenters. The van der Waals surface area contributed by atoms with Crippen LogP contribution in [0.25, 0.3) is 22.3 Å². The second kappa shape index (κ2) is 3.93. The van der Waals surface area contributed by atoms with Crippen molar-refractivity contribution >= 4 is 26.9 Å². The molecule has 0 spiro atoms. The fourth-order valence-electron chi connectivity index (χ4n) is 1.79. The van der Waals surface area contributed by atoms with Crippen LogP contribution in [0.3, 0.4) is 0 Å². The summed E-state index contributed by atoms with van der Waals surface area (Å²) in [4.78, 5) is 0. The molecule has 0 aliphatic carbocycles. The fourth-order valence-corrected chi connectivity index (χ4v) is 2.15. The molecule has 2 aromatic carbocycles. The molecular formula is C14H9BrO2. The van der Waals surface area contributed by atoms with Gasteiger partial charge in [0.05, 0.1) is 4.47 Å². The molecule has 3 aromatic rings. The molecule has 0 bridgehead atoms. The van der Waals surface area contributed by atoms with Crippen molar-refractivity contribution in [3.05, 3.63) is 53.0 Å². The summed E-state index contributed by atoms with van der Waals surface area (Å²) >= 11 is 3.29. The van der Waals surface area contributed by atoms with Crippen LogP contribution in [0.4, 0.5) is 0 Å². The van der Waals surface area contributed by atoms with Gasteiger partial charge in [0.15, 0.2) is 0 Å². The van der Waals surface area contributed by atoms with Crippen LogP contribution in [-0.4, -0.2) is 5.11 Å². The van der Waals surface area contributed by atoms with E-state index in [1.807, 2.05) is 42.5 Å². The van der Waals surface area contributed by atoms with Crippen molar-refractivity contribution in [3.8, 4) is 17.1 Å². The predicted octanol–water partition coefficient (Wildman–Crippen LogP) is 4.57. The Morgan fingerprint density at radius 1 is 1.00 bits per heavy atom. The Labute approximate surface area is 107 Å². The third-order valence-corrected chi connectivity index (χ3v) is 3.28. The number of phenolic OH excluding ortho intramolecular Hbond substituents is 1. The molecule has 0 saturated carbocycles. The van der Waals surface area contributed by atoms with Crippen molar-refractivity contribution in [2.45, 2.75) is 0 Å². The summed E-state index contributed by atoms with van der Waals surface area (Å²) < 4.78 is 6.38. The summed E-state index contributed by atoms with van der Waals surface area (Å²) in [5, 5.41) is 10.6. The Kier molecular flexibility index (Phi) is 2.41. The lowest BCUT2D eigenvalue weighted by atomic mass is 10.1. The normalized spacial score (nSPS) is 10.9. The third-order valence-electron chi connectivity index (χ3n) is 2.64. The Morgan fingerprint density at radius 2 is 1.76 bits per heavy atom. The van der Waals surface area contributed by atoms with Gasteiger partial charge in [-0.3, -0.25) is 0 Å². The first kappa shape index (κ1) is 10.4. The van der Waals surface area contributed by atoms with Gasteiger partial charge in [0, 0.05) is 17.0 Å². The molecular weight excluding hydrogens is 280 g/mol. The van der Waals surface area contributed by atoms with Gasteiger partial charge in [-0.05, 0) is 28.1 Å². The Bertz CT molecular complexity index is 632. The number of halogens is 1. The van der Waals surface area contributed by atoms with Crippen LogP contribution < -0.4 is 0 Å². The lowest BCUT2D eigenvalue weighted by molar-refractivity contribution is 0.471. The van der Waals surface area contributed by atoms with E-state index in [0.29, 0.717) is 10.1 Å². The highest BCUT2D eigenvalue weighted by atomic mass is 79.9. The molecule has 3 heteroatoms. The molecule has 1 heterocycles. The monoisotopic (exact) mass is 288 g/mol. The van der Waals surface area contributed by atoms with Crippen molar-refractivity contribution in [2.24, 2.45) is 0 Å². The second-order valence-electron chi connectivity index (χ2n) is 3.82. The molecule has 2 nitrogen and oxygen atoms in total. The SMILES string of the molecule is Oc1cc2oc(-c3ccccc3)cc2cc1Br. The maximum Gasteiger partial charge on any atom is 0.138 e. The molecule has 17 heavy (non-hydrogen) atoms. The van der Waals surface area contributed by atoms with Gasteiger partial charge in [0.1, 0.15) is 17.1 Å². The largest absolute Gasteiger partial charge is 0.507 e. The number of aromatic hydroxyl groups is 1. The maximum atomic E-state index is 9.59. The zero-order valence-electron chi connectivity index (χ0n) is 8.85. The van der Waals surface area contributed by atoms with Crippen molar-refractivity contribution in [1.82, 2.24) is 0 Å². The highest BCUT2D eigenvalue weighted by molar-refractivity contribution is 9.10. The zero-order valence-corrected chi connectivity index (χ0v) is 10.4. The second-order valence-corrected chi connectivity index (χ2v) is 4.67. The number of hydrogen-bond acceptors (Lipinski definition) is 2. The number of rotatable bonds is 1. The van der Waals surface area contributed by atoms with Gasteiger partial charge in [-0.25, -0.2) is 0 Å². The minimum absolute atomic E-state index is 0.187. The van der Waals surface area contributed by atoms with Crippen LogP contribution in [0, 0.1) is 0 Å². The third kappa shape index (κ3) is 1.83. The van der Waals surface area contributed by atoms with Crippen molar-refractivity contribution in [1.29, 1.82) is 0 Å². The van der Waals surface area contributed by atoms with Gasteiger partial charge in [-0.1, -0.05) is 30.3 Å². The number of phenols is 1. The van der Waals surface area contributed by atoms with Crippen LogP contribution in [-0.2, 0) is 0 Å². The van der Waals surface area contributed by atoms with E-state index < -0.39 is 0 Å². The molecule has 1 N–H and O–H groups in total. The van der Waals surface area contributed by atoms with E-state index in [0.717, 1.165) is 16.7 Å². The minimum atomic E-state index is 0.187. The molecule has 0 aliphatic rings. The van der Waals surface area contributed by atoms with Gasteiger partial charge in [-0.15, -0.1) is 0 Å². The van der Waals surface area contributed by atoms with Gasteiger partial charge < -0.3 is 9.52 Å². The van der Waals surface area contributed by atoms with E-state index >= 15 is 0 Å². The number of furan rings is 1. The van der Waals surface area contributed by atoms with E-state index in [1.165, 1.54) is 0 Å². The lowest BCUT2D eigenvalue weighted by Crippen LogP contribution is -1.69. The Balaban J connectivity index is 2.21. The predicted molar refractivity (Wildman–Crippen MR) is 71.0 cm³/mol. The summed E-state index contributed by atoms with van der Waals surface area (Å²) in [6.45, 7) is 0. The highest BCUT2D eigenvalue weighted by Gasteiger charge is 2.08. The molecule has 0 aliphatic heterocycles. The molecule has 1 aromatic heterocycles. The standard InChI is InChI=1S/C14H9BrO2/c15-11-6-10-7-13(9-4-2-1-3-5-9)17-14(10)8-12(11)16/h1-8,16H. The topological polar surface area (TPSA) is 33.4 Å². The Morgan fingerprint density at radius 3 is 2.53 bits per heavy atom. The average Bonchev–Trinajstić information content (AvgIpc) is 2.74. The Hall–Kier alpha value is -1.74. The van der Waals surface area contributed by atoms with E-state index in [4.69, 9.17) is 4.42 Å². The molecule has 0 atom stereocenters. The van der Waals surface area contributed by atoms with Gasteiger partial charge in [0.2, 0.25) is 0 Å². The van der Waals surface area contributed by atoms with E-state index in [9.17, 15) is 5.11 Å². The molecule has 3 rings (SSSR count). The van der Waals surface area contributed by atoms with Crippen molar-refractivity contribution < 1.29 is 9.52 Å². The molecule has 0 radical (unpaired) electrons. The number of benzene rings is 2. The van der Waals surface area contributed by atoms with Crippen LogP contribution in [0.1, 0.15) is 0 Å². The average molecular weight is 289 g/mol. The zero-order chi connectivity index (χ0) is 11.8. The molecule has 0 saturated heterocycles. The summed E-state index contributed by atoms with van der Waals surface area (Å²) in [6, 6.07) is 15.3. The highest BCUT2D eigenvalue weighted by Crippen LogP contribution is 2.34. The van der Waals surface area contributed by atoms with E-state index in [2.05, 4.69) is 15.9 Å². The van der Waals surface area contributed by atoms with Crippen LogP contribution in [0.15, 0.2) is 57.4 Å². The summed E-state index contributed by atoms with van der Waals surface area (Å²) in [6.07, 6.45) is 0. The quantitative estimate of drug-likeness (QED) is 0.712. The first-order valence-electron chi connectivity index (χ1n) is 5.21. The van der Waals surface area contributed by atoms with Gasteiger partial charge in [0.25, 0.3) is 0 Å². The molecule has 84 valence electrons. The maximum absolute atomic E-state index is 9.59. The van der Waals surface area contributed by atoms with Gasteiger partial charge in [-0.2, -0.15) is 0 Å². The van der Waals surface area contributed by atoms with Crippen molar-refractivity contribution in [3.63, 3.8) is 0 Å². The van der Waals surface area contributed by atoms with Crippen molar-refractivity contribution in [2.75, 3.05) is 0 Å². The van der Waals surface area contributed by atoms with Gasteiger partial charge >= 0.3 is 0 Å². The summed E-state index contributed by atoms with van der Waals surface area (Å²) in [7, 11) is 0.